The van der Waals surface area contributed by atoms with Crippen LogP contribution in [-0.4, -0.2) is 71.0 Å². The minimum absolute atomic E-state index is 0.0786. The Morgan fingerprint density at radius 3 is 1.91 bits per heavy atom. The molecule has 3 saturated heterocycles. The van der Waals surface area contributed by atoms with Gasteiger partial charge >= 0.3 is 13.2 Å². The average molecular weight is 456 g/mol. The van der Waals surface area contributed by atoms with Crippen molar-refractivity contribution in [1.82, 2.24) is 9.80 Å². The summed E-state index contributed by atoms with van der Waals surface area (Å²) in [6.07, 6.45) is 4.58. The molecular formula is C26H41BN2O4. The van der Waals surface area contributed by atoms with Gasteiger partial charge in [0.15, 0.2) is 0 Å². The van der Waals surface area contributed by atoms with Gasteiger partial charge in [-0.3, -0.25) is 4.90 Å². The molecule has 0 saturated carbocycles. The minimum Gasteiger partial charge on any atom is -0.465 e. The van der Waals surface area contributed by atoms with Crippen LogP contribution in [0.1, 0.15) is 72.8 Å². The molecule has 1 spiro atoms. The van der Waals surface area contributed by atoms with Gasteiger partial charge in [-0.15, -0.1) is 0 Å². The Bertz CT molecular complexity index is 834. The van der Waals surface area contributed by atoms with Crippen LogP contribution in [-0.2, 0) is 15.7 Å². The molecule has 1 aromatic carbocycles. The predicted octanol–water partition coefficient (Wildman–Crippen LogP) is 4.16. The van der Waals surface area contributed by atoms with Crippen LogP contribution in [0.4, 0.5) is 4.79 Å². The van der Waals surface area contributed by atoms with E-state index in [2.05, 4.69) is 70.7 Å². The molecule has 3 aliphatic heterocycles. The summed E-state index contributed by atoms with van der Waals surface area (Å²) in [7, 11) is -0.317. The lowest BCUT2D eigenvalue weighted by atomic mass is 9.70. The summed E-state index contributed by atoms with van der Waals surface area (Å²) >= 11 is 0. The van der Waals surface area contributed by atoms with Crippen molar-refractivity contribution in [2.24, 2.45) is 5.41 Å². The van der Waals surface area contributed by atoms with Gasteiger partial charge in [0.05, 0.1) is 11.2 Å². The standard InChI is InChI=1S/C26H41BN2O4/c1-23(2,29-17-13-26(14-18-29)11-15-28(16-12-26)22(30)31)19-20-7-9-21(10-8-20)27-32-24(3,4)25(5,6)33-27/h7-10H,11-19H2,1-6H3,(H,30,31). The van der Waals surface area contributed by atoms with Gasteiger partial charge in [0.1, 0.15) is 0 Å². The number of piperidine rings is 2. The van der Waals surface area contributed by atoms with Gasteiger partial charge in [0, 0.05) is 18.6 Å². The van der Waals surface area contributed by atoms with Gasteiger partial charge in [-0.05, 0) is 103 Å². The highest BCUT2D eigenvalue weighted by Gasteiger charge is 2.51. The Kier molecular flexibility index (Phi) is 6.39. The first kappa shape index (κ1) is 24.6. The molecule has 0 unspecified atom stereocenters. The minimum atomic E-state index is -0.770. The number of nitrogens with zero attached hydrogens (tertiary/aromatic N) is 2. The Hall–Kier alpha value is -1.57. The van der Waals surface area contributed by atoms with E-state index in [4.69, 9.17) is 9.31 Å². The summed E-state index contributed by atoms with van der Waals surface area (Å²) in [5, 5.41) is 9.24. The van der Waals surface area contributed by atoms with E-state index in [-0.39, 0.29) is 23.9 Å². The van der Waals surface area contributed by atoms with Crippen molar-refractivity contribution in [3.8, 4) is 0 Å². The Labute approximate surface area is 199 Å². The summed E-state index contributed by atoms with van der Waals surface area (Å²) in [5.74, 6) is 0. The van der Waals surface area contributed by atoms with Crippen LogP contribution in [0.5, 0.6) is 0 Å². The van der Waals surface area contributed by atoms with E-state index < -0.39 is 6.09 Å². The number of hydrogen-bond donors (Lipinski definition) is 1. The molecule has 182 valence electrons. The molecule has 6 nitrogen and oxygen atoms in total. The molecular weight excluding hydrogens is 415 g/mol. The van der Waals surface area contributed by atoms with Crippen LogP contribution in [0.2, 0.25) is 0 Å². The van der Waals surface area contributed by atoms with E-state index in [0.717, 1.165) is 37.8 Å². The van der Waals surface area contributed by atoms with E-state index in [1.54, 1.807) is 4.90 Å². The first-order valence-corrected chi connectivity index (χ1v) is 12.5. The van der Waals surface area contributed by atoms with Crippen LogP contribution in [0.3, 0.4) is 0 Å². The zero-order valence-corrected chi connectivity index (χ0v) is 21.3. The summed E-state index contributed by atoms with van der Waals surface area (Å²) < 4.78 is 12.4. The molecule has 4 rings (SSSR count). The van der Waals surface area contributed by atoms with E-state index >= 15 is 0 Å². The van der Waals surface area contributed by atoms with Crippen LogP contribution >= 0.6 is 0 Å². The highest BCUT2D eigenvalue weighted by Crippen LogP contribution is 2.43. The quantitative estimate of drug-likeness (QED) is 0.690. The maximum Gasteiger partial charge on any atom is 0.494 e. The van der Waals surface area contributed by atoms with Crippen molar-refractivity contribution >= 4 is 18.7 Å². The SMILES string of the molecule is CC(C)(Cc1ccc(B2OC(C)(C)C(C)(C)O2)cc1)N1CCC2(CCN(C(=O)O)CC2)CC1. The van der Waals surface area contributed by atoms with Gasteiger partial charge in [0.2, 0.25) is 0 Å². The van der Waals surface area contributed by atoms with Crippen molar-refractivity contribution in [1.29, 1.82) is 0 Å². The van der Waals surface area contributed by atoms with Crippen molar-refractivity contribution < 1.29 is 19.2 Å². The first-order valence-electron chi connectivity index (χ1n) is 12.5. The smallest absolute Gasteiger partial charge is 0.465 e. The summed E-state index contributed by atoms with van der Waals surface area (Å²) in [4.78, 5) is 15.4. The summed E-state index contributed by atoms with van der Waals surface area (Å²) in [5.41, 5.74) is 2.17. The number of benzene rings is 1. The summed E-state index contributed by atoms with van der Waals surface area (Å²) in [6.45, 7) is 16.6. The number of amides is 1. The normalized spacial score (nSPS) is 24.9. The maximum absolute atomic E-state index is 11.2. The molecule has 3 aliphatic rings. The third-order valence-electron chi connectivity index (χ3n) is 8.92. The lowest BCUT2D eigenvalue weighted by molar-refractivity contribution is 0.000984. The second-order valence-corrected chi connectivity index (χ2v) is 12.1. The fraction of sp³-hybridized carbons (Fsp3) is 0.731. The topological polar surface area (TPSA) is 62.2 Å². The molecule has 7 heteroatoms. The zero-order valence-electron chi connectivity index (χ0n) is 21.3. The van der Waals surface area contributed by atoms with Crippen LogP contribution in [0.25, 0.3) is 0 Å². The van der Waals surface area contributed by atoms with Crippen LogP contribution in [0, 0.1) is 5.41 Å². The lowest BCUT2D eigenvalue weighted by Gasteiger charge is -2.50. The van der Waals surface area contributed by atoms with E-state index in [1.165, 1.54) is 18.4 Å². The first-order chi connectivity index (χ1) is 15.3. The van der Waals surface area contributed by atoms with Gasteiger partial charge in [-0.1, -0.05) is 24.3 Å². The van der Waals surface area contributed by atoms with Gasteiger partial charge in [0.25, 0.3) is 0 Å². The molecule has 0 radical (unpaired) electrons. The molecule has 0 atom stereocenters. The number of hydrogen-bond acceptors (Lipinski definition) is 4. The van der Waals surface area contributed by atoms with E-state index in [1.807, 2.05) is 0 Å². The Morgan fingerprint density at radius 1 is 0.939 bits per heavy atom. The van der Waals surface area contributed by atoms with Crippen molar-refractivity contribution in [2.45, 2.75) is 90.4 Å². The fourth-order valence-corrected chi connectivity index (χ4v) is 5.64. The molecule has 0 aromatic heterocycles. The second kappa shape index (κ2) is 8.58. The van der Waals surface area contributed by atoms with Crippen molar-refractivity contribution in [3.05, 3.63) is 29.8 Å². The Morgan fingerprint density at radius 2 is 1.42 bits per heavy atom. The predicted molar refractivity (Wildman–Crippen MR) is 132 cm³/mol. The van der Waals surface area contributed by atoms with Gasteiger partial charge in [-0.2, -0.15) is 0 Å². The maximum atomic E-state index is 11.2. The highest BCUT2D eigenvalue weighted by atomic mass is 16.7. The summed E-state index contributed by atoms with van der Waals surface area (Å²) in [6, 6.07) is 8.73. The second-order valence-electron chi connectivity index (χ2n) is 12.1. The van der Waals surface area contributed by atoms with Gasteiger partial charge in [-0.25, -0.2) is 4.79 Å². The lowest BCUT2D eigenvalue weighted by Crippen LogP contribution is -2.54. The molecule has 33 heavy (non-hydrogen) atoms. The molecule has 3 fully saturated rings. The largest absolute Gasteiger partial charge is 0.494 e. The molecule has 0 aliphatic carbocycles. The molecule has 1 aromatic rings. The fourth-order valence-electron chi connectivity index (χ4n) is 5.64. The molecule has 1 N–H and O–H groups in total. The Balaban J connectivity index is 1.33. The van der Waals surface area contributed by atoms with Crippen LogP contribution < -0.4 is 5.46 Å². The molecule has 1 amide bonds. The zero-order chi connectivity index (χ0) is 24.1. The number of likely N-dealkylation sites (tertiary alicyclic amines) is 2. The molecule has 0 bridgehead atoms. The number of carbonyl (C=O) groups is 1. The third-order valence-corrected chi connectivity index (χ3v) is 8.92. The van der Waals surface area contributed by atoms with Crippen molar-refractivity contribution in [3.63, 3.8) is 0 Å². The number of rotatable bonds is 4. The molecule has 3 heterocycles. The van der Waals surface area contributed by atoms with E-state index in [9.17, 15) is 9.90 Å². The highest BCUT2D eigenvalue weighted by molar-refractivity contribution is 6.62. The van der Waals surface area contributed by atoms with Crippen LogP contribution in [0.15, 0.2) is 24.3 Å². The average Bonchev–Trinajstić information content (AvgIpc) is 2.96. The number of carboxylic acid groups (broad SMARTS) is 1. The van der Waals surface area contributed by atoms with Gasteiger partial charge < -0.3 is 19.3 Å². The third kappa shape index (κ3) is 4.96. The van der Waals surface area contributed by atoms with E-state index in [0.29, 0.717) is 18.5 Å². The van der Waals surface area contributed by atoms with Crippen molar-refractivity contribution in [2.75, 3.05) is 26.2 Å². The monoisotopic (exact) mass is 456 g/mol.